The largest absolute Gasteiger partial charge is 0.454 e. The number of Topliss-reactive ketones (excluding diaryl/α,β-unsaturated/α-hetero) is 1. The number of carbonyl (C=O) groups is 3. The summed E-state index contributed by atoms with van der Waals surface area (Å²) < 4.78 is 10.5. The number of fused-ring (bicyclic) bond motifs is 1. The lowest BCUT2D eigenvalue weighted by atomic mass is 9.92. The number of nitrogens with one attached hydrogen (secondary N) is 1. The summed E-state index contributed by atoms with van der Waals surface area (Å²) in [4.78, 5) is 38.7. The second-order valence-corrected chi connectivity index (χ2v) is 6.30. The molecule has 0 bridgehead atoms. The Bertz CT molecular complexity index is 911. The molecule has 2 aliphatic rings. The Hall–Kier alpha value is -3.35. The fraction of sp³-hybridized carbons (Fsp3) is 0.211. The lowest BCUT2D eigenvalue weighted by Gasteiger charge is -2.22. The van der Waals surface area contributed by atoms with Crippen LogP contribution in [0.3, 0.4) is 0 Å². The number of rotatable bonds is 4. The van der Waals surface area contributed by atoms with E-state index in [-0.39, 0.29) is 19.1 Å². The SMILES string of the molecule is CC1(c2ccccc2)NC(=O)N(CC(=O)c2ccc3c(c2)OCO3)C1=O. The third-order valence-electron chi connectivity index (χ3n) is 4.62. The van der Waals surface area contributed by atoms with E-state index in [2.05, 4.69) is 5.32 Å². The molecule has 26 heavy (non-hydrogen) atoms. The maximum atomic E-state index is 12.8. The summed E-state index contributed by atoms with van der Waals surface area (Å²) in [5.41, 5.74) is -0.174. The number of hydrogen-bond donors (Lipinski definition) is 1. The van der Waals surface area contributed by atoms with Gasteiger partial charge in [-0.2, -0.15) is 0 Å². The van der Waals surface area contributed by atoms with Crippen molar-refractivity contribution < 1.29 is 23.9 Å². The molecular formula is C19H16N2O5. The van der Waals surface area contributed by atoms with Crippen LogP contribution >= 0.6 is 0 Å². The first kappa shape index (κ1) is 16.1. The minimum atomic E-state index is -1.19. The summed E-state index contributed by atoms with van der Waals surface area (Å²) in [6, 6.07) is 13.1. The van der Waals surface area contributed by atoms with E-state index in [1.54, 1.807) is 49.4 Å². The van der Waals surface area contributed by atoms with Crippen LogP contribution in [-0.4, -0.2) is 36.0 Å². The quantitative estimate of drug-likeness (QED) is 0.673. The fourth-order valence-corrected chi connectivity index (χ4v) is 3.11. The molecule has 1 saturated heterocycles. The third-order valence-corrected chi connectivity index (χ3v) is 4.62. The van der Waals surface area contributed by atoms with Gasteiger partial charge in [0.25, 0.3) is 5.91 Å². The molecule has 7 heteroatoms. The smallest absolute Gasteiger partial charge is 0.325 e. The van der Waals surface area contributed by atoms with Crippen LogP contribution in [0, 0.1) is 0 Å². The average molecular weight is 352 g/mol. The Kier molecular flexibility index (Phi) is 3.64. The Morgan fingerprint density at radius 1 is 1.12 bits per heavy atom. The molecule has 0 aliphatic carbocycles. The molecule has 4 rings (SSSR count). The van der Waals surface area contributed by atoms with Gasteiger partial charge in [0.1, 0.15) is 5.54 Å². The number of urea groups is 1. The summed E-state index contributed by atoms with van der Waals surface area (Å²) in [5.74, 6) is 0.224. The van der Waals surface area contributed by atoms with E-state index in [1.165, 1.54) is 0 Å². The van der Waals surface area contributed by atoms with Crippen molar-refractivity contribution in [2.45, 2.75) is 12.5 Å². The molecule has 0 aromatic heterocycles. The van der Waals surface area contributed by atoms with Gasteiger partial charge in [-0.1, -0.05) is 30.3 Å². The molecule has 132 valence electrons. The van der Waals surface area contributed by atoms with Gasteiger partial charge in [-0.15, -0.1) is 0 Å². The minimum absolute atomic E-state index is 0.107. The van der Waals surface area contributed by atoms with Gasteiger partial charge in [0.15, 0.2) is 17.3 Å². The Labute approximate surface area is 149 Å². The van der Waals surface area contributed by atoms with Crippen LogP contribution in [0.15, 0.2) is 48.5 Å². The number of imide groups is 1. The Morgan fingerprint density at radius 2 is 1.85 bits per heavy atom. The zero-order valence-corrected chi connectivity index (χ0v) is 14.0. The topological polar surface area (TPSA) is 84.9 Å². The van der Waals surface area contributed by atoms with Gasteiger partial charge in [0.2, 0.25) is 6.79 Å². The van der Waals surface area contributed by atoms with Gasteiger partial charge in [-0.3, -0.25) is 14.5 Å². The van der Waals surface area contributed by atoms with Gasteiger partial charge in [0, 0.05) is 5.56 Å². The summed E-state index contributed by atoms with van der Waals surface area (Å²) in [6.07, 6.45) is 0. The Morgan fingerprint density at radius 3 is 2.62 bits per heavy atom. The number of ketones is 1. The molecule has 2 aliphatic heterocycles. The molecule has 7 nitrogen and oxygen atoms in total. The van der Waals surface area contributed by atoms with E-state index in [4.69, 9.17) is 9.47 Å². The van der Waals surface area contributed by atoms with E-state index in [9.17, 15) is 14.4 Å². The minimum Gasteiger partial charge on any atom is -0.454 e. The van der Waals surface area contributed by atoms with E-state index in [1.807, 2.05) is 6.07 Å². The molecule has 0 spiro atoms. The van der Waals surface area contributed by atoms with Crippen molar-refractivity contribution in [3.05, 3.63) is 59.7 Å². The van der Waals surface area contributed by atoms with Crippen molar-refractivity contribution >= 4 is 17.7 Å². The highest BCUT2D eigenvalue weighted by molar-refractivity contribution is 6.11. The fourth-order valence-electron chi connectivity index (χ4n) is 3.11. The molecule has 1 fully saturated rings. The van der Waals surface area contributed by atoms with Crippen LogP contribution in [-0.2, 0) is 10.3 Å². The molecule has 1 N–H and O–H groups in total. The zero-order chi connectivity index (χ0) is 18.3. The first-order valence-corrected chi connectivity index (χ1v) is 8.11. The van der Waals surface area contributed by atoms with Crippen LogP contribution in [0.2, 0.25) is 0 Å². The number of nitrogens with zero attached hydrogens (tertiary/aromatic N) is 1. The van der Waals surface area contributed by atoms with Crippen molar-refractivity contribution in [2.75, 3.05) is 13.3 Å². The van der Waals surface area contributed by atoms with Gasteiger partial charge < -0.3 is 14.8 Å². The summed E-state index contributed by atoms with van der Waals surface area (Å²) in [5, 5.41) is 2.69. The molecule has 2 heterocycles. The highest BCUT2D eigenvalue weighted by Crippen LogP contribution is 2.33. The number of amides is 3. The highest BCUT2D eigenvalue weighted by Gasteiger charge is 2.49. The zero-order valence-electron chi connectivity index (χ0n) is 14.0. The van der Waals surface area contributed by atoms with Crippen molar-refractivity contribution in [1.82, 2.24) is 10.2 Å². The highest BCUT2D eigenvalue weighted by atomic mass is 16.7. The lowest BCUT2D eigenvalue weighted by Crippen LogP contribution is -2.41. The number of carbonyl (C=O) groups excluding carboxylic acids is 3. The molecule has 1 unspecified atom stereocenters. The summed E-state index contributed by atoms with van der Waals surface area (Å²) >= 11 is 0. The maximum absolute atomic E-state index is 12.8. The molecule has 0 saturated carbocycles. The average Bonchev–Trinajstić information content (AvgIpc) is 3.20. The van der Waals surface area contributed by atoms with E-state index in [0.717, 1.165) is 4.90 Å². The summed E-state index contributed by atoms with van der Waals surface area (Å²) in [6.45, 7) is 1.40. The van der Waals surface area contributed by atoms with E-state index < -0.39 is 17.5 Å². The van der Waals surface area contributed by atoms with Gasteiger partial charge >= 0.3 is 6.03 Å². The predicted molar refractivity (Wildman–Crippen MR) is 90.9 cm³/mol. The monoisotopic (exact) mass is 352 g/mol. The molecule has 3 amide bonds. The lowest BCUT2D eigenvalue weighted by molar-refractivity contribution is -0.130. The number of hydrogen-bond acceptors (Lipinski definition) is 5. The third kappa shape index (κ3) is 2.48. The van der Waals surface area contributed by atoms with Crippen LogP contribution in [0.25, 0.3) is 0 Å². The second kappa shape index (κ2) is 5.87. The second-order valence-electron chi connectivity index (χ2n) is 6.30. The predicted octanol–water partition coefficient (Wildman–Crippen LogP) is 2.07. The van der Waals surface area contributed by atoms with Crippen molar-refractivity contribution in [3.63, 3.8) is 0 Å². The maximum Gasteiger partial charge on any atom is 0.325 e. The van der Waals surface area contributed by atoms with Crippen LogP contribution < -0.4 is 14.8 Å². The van der Waals surface area contributed by atoms with Gasteiger partial charge in [-0.25, -0.2) is 4.79 Å². The van der Waals surface area contributed by atoms with Gasteiger partial charge in [-0.05, 0) is 30.7 Å². The standard InChI is InChI=1S/C19H16N2O5/c1-19(13-5-3-2-4-6-13)17(23)21(18(24)20-19)10-14(22)12-7-8-15-16(9-12)26-11-25-15/h2-9H,10-11H2,1H3,(H,20,24). The van der Waals surface area contributed by atoms with Crippen LogP contribution in [0.1, 0.15) is 22.8 Å². The first-order chi connectivity index (χ1) is 12.5. The van der Waals surface area contributed by atoms with E-state index in [0.29, 0.717) is 22.6 Å². The van der Waals surface area contributed by atoms with Gasteiger partial charge in [0.05, 0.1) is 6.54 Å². The number of ether oxygens (including phenoxy) is 2. The molecule has 2 aromatic carbocycles. The van der Waals surface area contributed by atoms with Crippen molar-refractivity contribution in [2.24, 2.45) is 0 Å². The first-order valence-electron chi connectivity index (χ1n) is 8.11. The normalized spacial score (nSPS) is 21.0. The molecule has 0 radical (unpaired) electrons. The number of benzene rings is 2. The summed E-state index contributed by atoms with van der Waals surface area (Å²) in [7, 11) is 0. The Balaban J connectivity index is 1.56. The molecule has 2 aromatic rings. The van der Waals surface area contributed by atoms with E-state index >= 15 is 0 Å². The molecule has 1 atom stereocenters. The van der Waals surface area contributed by atoms with Crippen LogP contribution in [0.5, 0.6) is 11.5 Å². The molecular weight excluding hydrogens is 336 g/mol. The van der Waals surface area contributed by atoms with Crippen LogP contribution in [0.4, 0.5) is 4.79 Å². The van der Waals surface area contributed by atoms with Crippen molar-refractivity contribution in [3.8, 4) is 11.5 Å². The van der Waals surface area contributed by atoms with Crippen molar-refractivity contribution in [1.29, 1.82) is 0 Å².